The second kappa shape index (κ2) is 4.13. The van der Waals surface area contributed by atoms with Crippen LogP contribution in [0.15, 0.2) is 35.6 Å². The van der Waals surface area contributed by atoms with Gasteiger partial charge in [-0.25, -0.2) is 0 Å². The van der Waals surface area contributed by atoms with Gasteiger partial charge in [0.15, 0.2) is 0 Å². The molecule has 0 aliphatic carbocycles. The summed E-state index contributed by atoms with van der Waals surface area (Å²) in [5, 5.41) is 3.12. The SMILES string of the molecule is C=CCNc1cncc(Br)c1. The molecule has 0 saturated carbocycles. The summed E-state index contributed by atoms with van der Waals surface area (Å²) in [4.78, 5) is 3.99. The van der Waals surface area contributed by atoms with Crippen LogP contribution in [-0.4, -0.2) is 11.5 Å². The van der Waals surface area contributed by atoms with Gasteiger partial charge in [0.2, 0.25) is 0 Å². The van der Waals surface area contributed by atoms with E-state index in [-0.39, 0.29) is 0 Å². The highest BCUT2D eigenvalue weighted by atomic mass is 79.9. The molecule has 1 aromatic rings. The Morgan fingerprint density at radius 3 is 3.09 bits per heavy atom. The fourth-order valence-electron chi connectivity index (χ4n) is 0.699. The van der Waals surface area contributed by atoms with Crippen LogP contribution in [0.5, 0.6) is 0 Å². The molecule has 11 heavy (non-hydrogen) atoms. The summed E-state index contributed by atoms with van der Waals surface area (Å²) in [6.07, 6.45) is 5.33. The maximum Gasteiger partial charge on any atom is 0.0540 e. The van der Waals surface area contributed by atoms with Crippen molar-refractivity contribution in [3.8, 4) is 0 Å². The van der Waals surface area contributed by atoms with E-state index < -0.39 is 0 Å². The van der Waals surface area contributed by atoms with Gasteiger partial charge in [-0.1, -0.05) is 6.08 Å². The Morgan fingerprint density at radius 1 is 1.64 bits per heavy atom. The van der Waals surface area contributed by atoms with Crippen molar-refractivity contribution in [2.45, 2.75) is 0 Å². The third-order valence-corrected chi connectivity index (χ3v) is 1.59. The summed E-state index contributed by atoms with van der Waals surface area (Å²) in [6.45, 7) is 4.37. The summed E-state index contributed by atoms with van der Waals surface area (Å²) >= 11 is 3.33. The molecule has 0 spiro atoms. The number of halogens is 1. The minimum atomic E-state index is 0.762. The Labute approximate surface area is 74.5 Å². The highest BCUT2D eigenvalue weighted by Crippen LogP contribution is 2.12. The number of hydrogen-bond donors (Lipinski definition) is 1. The number of anilines is 1. The minimum absolute atomic E-state index is 0.762. The van der Waals surface area contributed by atoms with Gasteiger partial charge in [0, 0.05) is 17.2 Å². The lowest BCUT2D eigenvalue weighted by Crippen LogP contribution is -1.97. The molecule has 0 bridgehead atoms. The maximum absolute atomic E-state index is 3.99. The molecule has 0 radical (unpaired) electrons. The van der Waals surface area contributed by atoms with E-state index in [1.807, 2.05) is 6.07 Å². The number of nitrogens with one attached hydrogen (secondary N) is 1. The molecular formula is C8H9BrN2. The van der Waals surface area contributed by atoms with Gasteiger partial charge in [0.1, 0.15) is 0 Å². The second-order valence-electron chi connectivity index (χ2n) is 2.06. The molecule has 0 saturated heterocycles. The van der Waals surface area contributed by atoms with Crippen LogP contribution in [0, 0.1) is 0 Å². The first kappa shape index (κ1) is 8.27. The van der Waals surface area contributed by atoms with Crippen molar-refractivity contribution in [1.82, 2.24) is 4.98 Å². The first-order valence-corrected chi connectivity index (χ1v) is 4.07. The standard InChI is InChI=1S/C8H9BrN2/c1-2-3-11-8-4-7(9)5-10-6-8/h2,4-6,11H,1,3H2. The van der Waals surface area contributed by atoms with Crippen LogP contribution in [0.1, 0.15) is 0 Å². The Hall–Kier alpha value is -0.830. The molecule has 0 fully saturated rings. The lowest BCUT2D eigenvalue weighted by atomic mass is 10.4. The Kier molecular flexibility index (Phi) is 3.11. The summed E-state index contributed by atoms with van der Waals surface area (Å²) < 4.78 is 0.978. The summed E-state index contributed by atoms with van der Waals surface area (Å²) in [5.74, 6) is 0. The van der Waals surface area contributed by atoms with Crippen molar-refractivity contribution in [2.75, 3.05) is 11.9 Å². The number of pyridine rings is 1. The van der Waals surface area contributed by atoms with Gasteiger partial charge in [0.25, 0.3) is 0 Å². The second-order valence-corrected chi connectivity index (χ2v) is 2.98. The molecule has 0 unspecified atom stereocenters. The molecule has 1 N–H and O–H groups in total. The third kappa shape index (κ3) is 2.72. The van der Waals surface area contributed by atoms with Gasteiger partial charge in [0.05, 0.1) is 11.9 Å². The summed E-state index contributed by atoms with van der Waals surface area (Å²) in [7, 11) is 0. The van der Waals surface area contributed by atoms with Gasteiger partial charge < -0.3 is 5.32 Å². The van der Waals surface area contributed by atoms with Crippen LogP contribution in [0.4, 0.5) is 5.69 Å². The van der Waals surface area contributed by atoms with Gasteiger partial charge >= 0.3 is 0 Å². The summed E-state index contributed by atoms with van der Waals surface area (Å²) in [5.41, 5.74) is 0.999. The van der Waals surface area contributed by atoms with Crippen LogP contribution in [-0.2, 0) is 0 Å². The largest absolute Gasteiger partial charge is 0.380 e. The molecule has 58 valence electrons. The van der Waals surface area contributed by atoms with Crippen LogP contribution in [0.3, 0.4) is 0 Å². The van der Waals surface area contributed by atoms with Crippen molar-refractivity contribution >= 4 is 21.6 Å². The average molecular weight is 213 g/mol. The zero-order chi connectivity index (χ0) is 8.10. The van der Waals surface area contributed by atoms with Gasteiger partial charge in [-0.05, 0) is 22.0 Å². The molecule has 3 heteroatoms. The van der Waals surface area contributed by atoms with Crippen molar-refractivity contribution in [1.29, 1.82) is 0 Å². The van der Waals surface area contributed by atoms with Gasteiger partial charge in [-0.2, -0.15) is 0 Å². The van der Waals surface area contributed by atoms with E-state index in [9.17, 15) is 0 Å². The van der Waals surface area contributed by atoms with Crippen molar-refractivity contribution < 1.29 is 0 Å². The van der Waals surface area contributed by atoms with Gasteiger partial charge in [-0.3, -0.25) is 4.98 Å². The highest BCUT2D eigenvalue weighted by Gasteiger charge is 1.90. The molecular weight excluding hydrogens is 204 g/mol. The van der Waals surface area contributed by atoms with Crippen LogP contribution < -0.4 is 5.32 Å². The molecule has 1 rings (SSSR count). The fourth-order valence-corrected chi connectivity index (χ4v) is 1.06. The molecule has 1 aromatic heterocycles. The quantitative estimate of drug-likeness (QED) is 0.780. The van der Waals surface area contributed by atoms with E-state index in [0.717, 1.165) is 16.7 Å². The number of hydrogen-bond acceptors (Lipinski definition) is 2. The predicted molar refractivity (Wildman–Crippen MR) is 50.6 cm³/mol. The van der Waals surface area contributed by atoms with Crippen molar-refractivity contribution in [2.24, 2.45) is 0 Å². The lowest BCUT2D eigenvalue weighted by Gasteiger charge is -2.01. The molecule has 0 amide bonds. The van der Waals surface area contributed by atoms with Crippen LogP contribution in [0.2, 0.25) is 0 Å². The van der Waals surface area contributed by atoms with Crippen LogP contribution >= 0.6 is 15.9 Å². The minimum Gasteiger partial charge on any atom is -0.380 e. The number of rotatable bonds is 3. The van der Waals surface area contributed by atoms with E-state index in [1.165, 1.54) is 0 Å². The monoisotopic (exact) mass is 212 g/mol. The van der Waals surface area contributed by atoms with E-state index >= 15 is 0 Å². The topological polar surface area (TPSA) is 24.9 Å². The maximum atomic E-state index is 3.99. The van der Waals surface area contributed by atoms with E-state index in [0.29, 0.717) is 0 Å². The third-order valence-electron chi connectivity index (χ3n) is 1.16. The normalized spacial score (nSPS) is 9.18. The summed E-state index contributed by atoms with van der Waals surface area (Å²) in [6, 6.07) is 1.97. The Morgan fingerprint density at radius 2 is 2.45 bits per heavy atom. The molecule has 1 heterocycles. The molecule has 0 atom stereocenters. The Balaban J connectivity index is 2.63. The molecule has 0 aromatic carbocycles. The average Bonchev–Trinajstić information content (AvgIpc) is 2.01. The van der Waals surface area contributed by atoms with Crippen LogP contribution in [0.25, 0.3) is 0 Å². The zero-order valence-electron chi connectivity index (χ0n) is 6.05. The molecule has 0 aliphatic rings. The number of nitrogens with zero attached hydrogens (tertiary/aromatic N) is 1. The lowest BCUT2D eigenvalue weighted by molar-refractivity contribution is 1.26. The molecule has 0 aliphatic heterocycles. The molecule has 2 nitrogen and oxygen atoms in total. The van der Waals surface area contributed by atoms with Crippen molar-refractivity contribution in [3.05, 3.63) is 35.6 Å². The van der Waals surface area contributed by atoms with Crippen molar-refractivity contribution in [3.63, 3.8) is 0 Å². The highest BCUT2D eigenvalue weighted by molar-refractivity contribution is 9.10. The van der Waals surface area contributed by atoms with E-state index in [2.05, 4.69) is 32.8 Å². The van der Waals surface area contributed by atoms with E-state index in [1.54, 1.807) is 18.5 Å². The zero-order valence-corrected chi connectivity index (χ0v) is 7.63. The predicted octanol–water partition coefficient (Wildman–Crippen LogP) is 2.44. The first-order chi connectivity index (χ1) is 5.33. The smallest absolute Gasteiger partial charge is 0.0540 e. The van der Waals surface area contributed by atoms with Gasteiger partial charge in [-0.15, -0.1) is 6.58 Å². The number of aromatic nitrogens is 1. The fraction of sp³-hybridized carbons (Fsp3) is 0.125. The Bertz CT molecular complexity index is 248. The van der Waals surface area contributed by atoms with E-state index in [4.69, 9.17) is 0 Å². The first-order valence-electron chi connectivity index (χ1n) is 3.28.